The first-order valence-corrected chi connectivity index (χ1v) is 6.96. The van der Waals surface area contributed by atoms with Gasteiger partial charge in [-0.05, 0) is 43.4 Å². The largest absolute Gasteiger partial charge is 0.504 e. The molecule has 3 rings (SSSR count). The summed E-state index contributed by atoms with van der Waals surface area (Å²) in [5.74, 6) is 1.41. The van der Waals surface area contributed by atoms with Crippen molar-refractivity contribution in [3.05, 3.63) is 23.3 Å². The Bertz CT molecular complexity index is 464. The van der Waals surface area contributed by atoms with Gasteiger partial charge in [-0.2, -0.15) is 0 Å². The van der Waals surface area contributed by atoms with Gasteiger partial charge in [0.15, 0.2) is 11.5 Å². The molecule has 2 atom stereocenters. The SMILES string of the molecule is Br.CCCN1CC2CCc3c(ccc(O)c3O)C2C1. The average Bonchev–Trinajstić information content (AvgIpc) is 2.77. The van der Waals surface area contributed by atoms with E-state index in [4.69, 9.17) is 0 Å². The maximum absolute atomic E-state index is 9.97. The summed E-state index contributed by atoms with van der Waals surface area (Å²) in [6.45, 7) is 5.70. The van der Waals surface area contributed by atoms with Crippen LogP contribution >= 0.6 is 17.0 Å². The lowest BCUT2D eigenvalue weighted by Gasteiger charge is -2.28. The minimum absolute atomic E-state index is 0. The van der Waals surface area contributed by atoms with Crippen LogP contribution in [0.15, 0.2) is 12.1 Å². The zero-order chi connectivity index (χ0) is 12.7. The molecule has 0 amide bonds. The summed E-state index contributed by atoms with van der Waals surface area (Å²) in [5, 5.41) is 19.6. The minimum Gasteiger partial charge on any atom is -0.504 e. The van der Waals surface area contributed by atoms with Crippen LogP contribution in [-0.4, -0.2) is 34.7 Å². The van der Waals surface area contributed by atoms with E-state index in [0.717, 1.165) is 30.9 Å². The molecule has 1 fully saturated rings. The zero-order valence-corrected chi connectivity index (χ0v) is 13.0. The van der Waals surface area contributed by atoms with Gasteiger partial charge in [0, 0.05) is 24.6 Å². The lowest BCUT2D eigenvalue weighted by molar-refractivity contribution is 0.321. The third-order valence-corrected chi connectivity index (χ3v) is 4.52. The van der Waals surface area contributed by atoms with E-state index in [1.54, 1.807) is 6.07 Å². The molecule has 1 aliphatic carbocycles. The highest BCUT2D eigenvalue weighted by Gasteiger charge is 2.38. The Kier molecular flexibility index (Phi) is 4.41. The summed E-state index contributed by atoms with van der Waals surface area (Å²) in [6, 6.07) is 3.65. The van der Waals surface area contributed by atoms with E-state index in [9.17, 15) is 10.2 Å². The number of likely N-dealkylation sites (tertiary alicyclic amines) is 1. The van der Waals surface area contributed by atoms with Crippen molar-refractivity contribution in [1.29, 1.82) is 0 Å². The third kappa shape index (κ3) is 2.48. The molecule has 2 aliphatic rings. The van der Waals surface area contributed by atoms with E-state index < -0.39 is 0 Å². The standard InChI is InChI=1S/C15H21NO2.BrH/c1-2-7-16-8-10-3-4-12-11(13(10)9-16)5-6-14(17)15(12)18;/h5-6,10,13,17-18H,2-4,7-9H2,1H3;1H. The zero-order valence-electron chi connectivity index (χ0n) is 11.3. The van der Waals surface area contributed by atoms with Gasteiger partial charge in [-0.25, -0.2) is 0 Å². The third-order valence-electron chi connectivity index (χ3n) is 4.52. The molecule has 0 spiro atoms. The van der Waals surface area contributed by atoms with Crippen molar-refractivity contribution in [2.45, 2.75) is 32.1 Å². The van der Waals surface area contributed by atoms with Crippen LogP contribution in [0.2, 0.25) is 0 Å². The highest BCUT2D eigenvalue weighted by molar-refractivity contribution is 8.93. The Morgan fingerprint density at radius 3 is 2.79 bits per heavy atom. The quantitative estimate of drug-likeness (QED) is 0.820. The molecule has 0 aromatic heterocycles. The van der Waals surface area contributed by atoms with E-state index >= 15 is 0 Å². The van der Waals surface area contributed by atoms with E-state index in [2.05, 4.69) is 11.8 Å². The smallest absolute Gasteiger partial charge is 0.160 e. The molecule has 2 N–H and O–H groups in total. The molecule has 1 aromatic rings. The van der Waals surface area contributed by atoms with Gasteiger partial charge in [-0.3, -0.25) is 0 Å². The molecule has 1 aliphatic heterocycles. The second-order valence-electron chi connectivity index (χ2n) is 5.67. The Hall–Kier alpha value is -0.740. The van der Waals surface area contributed by atoms with Crippen molar-refractivity contribution in [3.63, 3.8) is 0 Å². The summed E-state index contributed by atoms with van der Waals surface area (Å²) < 4.78 is 0. The minimum atomic E-state index is 0. The number of hydrogen-bond donors (Lipinski definition) is 2. The van der Waals surface area contributed by atoms with Gasteiger partial charge in [-0.15, -0.1) is 17.0 Å². The van der Waals surface area contributed by atoms with Crippen molar-refractivity contribution in [2.75, 3.05) is 19.6 Å². The fourth-order valence-electron chi connectivity index (χ4n) is 3.68. The fourth-order valence-corrected chi connectivity index (χ4v) is 3.68. The van der Waals surface area contributed by atoms with E-state index in [1.165, 1.54) is 25.1 Å². The van der Waals surface area contributed by atoms with Crippen LogP contribution in [0.5, 0.6) is 11.5 Å². The Morgan fingerprint density at radius 1 is 1.26 bits per heavy atom. The lowest BCUT2D eigenvalue weighted by atomic mass is 9.77. The Labute approximate surface area is 125 Å². The van der Waals surface area contributed by atoms with Crippen LogP contribution < -0.4 is 0 Å². The molecule has 0 radical (unpaired) electrons. The maximum Gasteiger partial charge on any atom is 0.160 e. The normalized spacial score (nSPS) is 25.5. The molecule has 4 heteroatoms. The van der Waals surface area contributed by atoms with E-state index in [1.807, 2.05) is 6.07 Å². The monoisotopic (exact) mass is 327 g/mol. The average molecular weight is 328 g/mol. The Morgan fingerprint density at radius 2 is 2.05 bits per heavy atom. The van der Waals surface area contributed by atoms with Gasteiger partial charge in [0.05, 0.1) is 0 Å². The first-order valence-electron chi connectivity index (χ1n) is 6.96. The molecule has 1 aromatic carbocycles. The van der Waals surface area contributed by atoms with Gasteiger partial charge in [0.1, 0.15) is 0 Å². The summed E-state index contributed by atoms with van der Waals surface area (Å²) in [4.78, 5) is 2.54. The number of aromatic hydroxyl groups is 2. The molecule has 2 unspecified atom stereocenters. The van der Waals surface area contributed by atoms with E-state index in [0.29, 0.717) is 5.92 Å². The highest BCUT2D eigenvalue weighted by Crippen LogP contribution is 2.46. The number of phenols is 2. The predicted molar refractivity (Wildman–Crippen MR) is 81.4 cm³/mol. The van der Waals surface area contributed by atoms with Crippen LogP contribution in [0.3, 0.4) is 0 Å². The lowest BCUT2D eigenvalue weighted by Crippen LogP contribution is -2.21. The van der Waals surface area contributed by atoms with E-state index in [-0.39, 0.29) is 28.5 Å². The number of fused-ring (bicyclic) bond motifs is 3. The van der Waals surface area contributed by atoms with Gasteiger partial charge in [-0.1, -0.05) is 13.0 Å². The molecule has 1 heterocycles. The number of benzene rings is 1. The van der Waals surface area contributed by atoms with Crippen LogP contribution in [0, 0.1) is 5.92 Å². The first kappa shape index (κ1) is 14.7. The van der Waals surface area contributed by atoms with Crippen molar-refractivity contribution >= 4 is 17.0 Å². The topological polar surface area (TPSA) is 43.7 Å². The maximum atomic E-state index is 9.97. The van der Waals surface area contributed by atoms with Crippen molar-refractivity contribution in [1.82, 2.24) is 4.90 Å². The highest BCUT2D eigenvalue weighted by atomic mass is 79.9. The van der Waals surface area contributed by atoms with Gasteiger partial charge in [0.2, 0.25) is 0 Å². The summed E-state index contributed by atoms with van der Waals surface area (Å²) in [7, 11) is 0. The number of halogens is 1. The fraction of sp³-hybridized carbons (Fsp3) is 0.600. The van der Waals surface area contributed by atoms with Crippen LogP contribution in [0.25, 0.3) is 0 Å². The second-order valence-corrected chi connectivity index (χ2v) is 5.67. The van der Waals surface area contributed by atoms with Crippen LogP contribution in [0.1, 0.15) is 36.8 Å². The molecule has 0 saturated carbocycles. The molecular weight excluding hydrogens is 306 g/mol. The van der Waals surface area contributed by atoms with Crippen molar-refractivity contribution in [2.24, 2.45) is 5.92 Å². The molecule has 3 nitrogen and oxygen atoms in total. The number of hydrogen-bond acceptors (Lipinski definition) is 3. The van der Waals surface area contributed by atoms with Crippen LogP contribution in [0.4, 0.5) is 0 Å². The summed E-state index contributed by atoms with van der Waals surface area (Å²) in [5.41, 5.74) is 2.25. The van der Waals surface area contributed by atoms with Gasteiger partial charge >= 0.3 is 0 Å². The summed E-state index contributed by atoms with van der Waals surface area (Å²) >= 11 is 0. The predicted octanol–water partition coefficient (Wildman–Crippen LogP) is 3.05. The van der Waals surface area contributed by atoms with Crippen molar-refractivity contribution in [3.8, 4) is 11.5 Å². The van der Waals surface area contributed by atoms with Crippen LogP contribution in [-0.2, 0) is 6.42 Å². The number of phenolic OH excluding ortho intramolecular Hbond substituents is 2. The Balaban J connectivity index is 0.00000133. The molecule has 1 saturated heterocycles. The number of nitrogens with zero attached hydrogens (tertiary/aromatic N) is 1. The van der Waals surface area contributed by atoms with Gasteiger partial charge < -0.3 is 15.1 Å². The molecular formula is C15H22BrNO2. The molecule has 19 heavy (non-hydrogen) atoms. The first-order chi connectivity index (χ1) is 8.70. The van der Waals surface area contributed by atoms with Gasteiger partial charge in [0.25, 0.3) is 0 Å². The second kappa shape index (κ2) is 5.71. The molecule has 106 valence electrons. The number of rotatable bonds is 2. The molecule has 0 bridgehead atoms. The van der Waals surface area contributed by atoms with Crippen molar-refractivity contribution < 1.29 is 10.2 Å². The summed E-state index contributed by atoms with van der Waals surface area (Å²) in [6.07, 6.45) is 3.23.